The Kier molecular flexibility index (Phi) is 3.99. The molecule has 0 unspecified atom stereocenters. The molecule has 0 spiro atoms. The van der Waals surface area contributed by atoms with Gasteiger partial charge in [0.2, 0.25) is 0 Å². The van der Waals surface area contributed by atoms with Gasteiger partial charge in [0.25, 0.3) is 0 Å². The van der Waals surface area contributed by atoms with Crippen molar-refractivity contribution in [2.24, 2.45) is 5.16 Å². The molecule has 0 amide bonds. The van der Waals surface area contributed by atoms with Crippen molar-refractivity contribution >= 4 is 5.71 Å². The maximum Gasteiger partial charge on any atom is 0.123 e. The Morgan fingerprint density at radius 1 is 0.947 bits per heavy atom. The highest BCUT2D eigenvalue weighted by atomic mass is 16.4. The van der Waals surface area contributed by atoms with Crippen molar-refractivity contribution in [3.8, 4) is 5.75 Å². The standard InChI is InChI=1S/C16H25NO2/c1-10(17-19)11-8-12(15(2,3)4)14(18)13(9-11)16(5,6)7/h8-9,18-19H,1-7H3. The molecule has 0 bridgehead atoms. The number of nitrogens with zero attached hydrogens (tertiary/aromatic N) is 1. The van der Waals surface area contributed by atoms with Gasteiger partial charge in [0.1, 0.15) is 5.75 Å². The summed E-state index contributed by atoms with van der Waals surface area (Å²) in [5, 5.41) is 22.8. The van der Waals surface area contributed by atoms with Crippen LogP contribution in [0.4, 0.5) is 0 Å². The van der Waals surface area contributed by atoms with E-state index < -0.39 is 0 Å². The Labute approximate surface area is 116 Å². The topological polar surface area (TPSA) is 52.8 Å². The summed E-state index contributed by atoms with van der Waals surface area (Å²) >= 11 is 0. The first-order chi connectivity index (χ1) is 8.48. The van der Waals surface area contributed by atoms with Gasteiger partial charge in [0.05, 0.1) is 5.71 Å². The Morgan fingerprint density at radius 3 is 1.58 bits per heavy atom. The van der Waals surface area contributed by atoms with Gasteiger partial charge < -0.3 is 10.3 Å². The summed E-state index contributed by atoms with van der Waals surface area (Å²) in [5.74, 6) is 0.342. The van der Waals surface area contributed by atoms with Gasteiger partial charge in [0.15, 0.2) is 0 Å². The average Bonchev–Trinajstić information content (AvgIpc) is 2.25. The summed E-state index contributed by atoms with van der Waals surface area (Å²) in [7, 11) is 0. The molecular weight excluding hydrogens is 238 g/mol. The number of phenols is 1. The van der Waals surface area contributed by atoms with Gasteiger partial charge in [-0.05, 0) is 35.4 Å². The number of phenolic OH excluding ortho intramolecular Hbond substituents is 1. The number of hydrogen-bond donors (Lipinski definition) is 2. The molecule has 0 aliphatic heterocycles. The van der Waals surface area contributed by atoms with Gasteiger partial charge >= 0.3 is 0 Å². The van der Waals surface area contributed by atoms with Crippen molar-refractivity contribution in [1.29, 1.82) is 0 Å². The second-order valence-electron chi connectivity index (χ2n) is 7.11. The first-order valence-electron chi connectivity index (χ1n) is 6.55. The molecule has 19 heavy (non-hydrogen) atoms. The van der Waals surface area contributed by atoms with Gasteiger partial charge in [-0.15, -0.1) is 0 Å². The van der Waals surface area contributed by atoms with Gasteiger partial charge in [-0.1, -0.05) is 46.7 Å². The molecule has 0 radical (unpaired) electrons. The molecule has 0 aliphatic carbocycles. The molecule has 1 aromatic rings. The number of hydrogen-bond acceptors (Lipinski definition) is 3. The normalized spacial score (nSPS) is 13.7. The van der Waals surface area contributed by atoms with Crippen molar-refractivity contribution in [2.75, 3.05) is 0 Å². The van der Waals surface area contributed by atoms with E-state index in [-0.39, 0.29) is 10.8 Å². The third kappa shape index (κ3) is 3.28. The Balaban J connectivity index is 3.67. The van der Waals surface area contributed by atoms with E-state index in [0.717, 1.165) is 16.7 Å². The fourth-order valence-electron chi connectivity index (χ4n) is 2.04. The van der Waals surface area contributed by atoms with Crippen molar-refractivity contribution < 1.29 is 10.3 Å². The molecule has 0 atom stereocenters. The van der Waals surface area contributed by atoms with Gasteiger partial charge in [-0.25, -0.2) is 0 Å². The molecular formula is C16H25NO2. The summed E-state index contributed by atoms with van der Waals surface area (Å²) in [6, 6.07) is 3.80. The van der Waals surface area contributed by atoms with E-state index in [1.807, 2.05) is 12.1 Å². The zero-order valence-electron chi connectivity index (χ0n) is 13.0. The van der Waals surface area contributed by atoms with E-state index in [1.165, 1.54) is 0 Å². The van der Waals surface area contributed by atoms with E-state index in [9.17, 15) is 5.11 Å². The zero-order chi connectivity index (χ0) is 15.0. The maximum absolute atomic E-state index is 10.5. The van der Waals surface area contributed by atoms with Crippen LogP contribution in [-0.4, -0.2) is 16.0 Å². The van der Waals surface area contributed by atoms with Crippen LogP contribution in [0.25, 0.3) is 0 Å². The molecule has 0 saturated heterocycles. The first-order valence-corrected chi connectivity index (χ1v) is 6.55. The third-order valence-electron chi connectivity index (χ3n) is 3.29. The van der Waals surface area contributed by atoms with Crippen LogP contribution >= 0.6 is 0 Å². The molecule has 3 nitrogen and oxygen atoms in total. The summed E-state index contributed by atoms with van der Waals surface area (Å²) in [4.78, 5) is 0. The summed E-state index contributed by atoms with van der Waals surface area (Å²) in [5.41, 5.74) is 2.80. The molecule has 0 saturated carbocycles. The van der Waals surface area contributed by atoms with Crippen LogP contribution in [0.5, 0.6) is 5.75 Å². The fraction of sp³-hybridized carbons (Fsp3) is 0.562. The highest BCUT2D eigenvalue weighted by molar-refractivity contribution is 5.99. The molecule has 106 valence electrons. The fourth-order valence-corrected chi connectivity index (χ4v) is 2.04. The second kappa shape index (κ2) is 4.87. The van der Waals surface area contributed by atoms with Gasteiger partial charge in [-0.3, -0.25) is 0 Å². The minimum absolute atomic E-state index is 0.171. The molecule has 0 heterocycles. The van der Waals surface area contributed by atoms with E-state index in [4.69, 9.17) is 5.21 Å². The monoisotopic (exact) mass is 263 g/mol. The highest BCUT2D eigenvalue weighted by Crippen LogP contribution is 2.39. The predicted molar refractivity (Wildman–Crippen MR) is 79.5 cm³/mol. The molecule has 2 N–H and O–H groups in total. The van der Waals surface area contributed by atoms with Gasteiger partial charge in [-0.2, -0.15) is 0 Å². The van der Waals surface area contributed by atoms with Crippen molar-refractivity contribution in [3.05, 3.63) is 28.8 Å². The Morgan fingerprint density at radius 2 is 1.32 bits per heavy atom. The molecule has 0 aliphatic rings. The van der Waals surface area contributed by atoms with Crippen molar-refractivity contribution in [1.82, 2.24) is 0 Å². The number of benzene rings is 1. The van der Waals surface area contributed by atoms with Crippen LogP contribution in [-0.2, 0) is 10.8 Å². The molecule has 1 rings (SSSR count). The van der Waals surface area contributed by atoms with E-state index >= 15 is 0 Å². The van der Waals surface area contributed by atoms with Crippen LogP contribution < -0.4 is 0 Å². The van der Waals surface area contributed by atoms with E-state index in [2.05, 4.69) is 46.7 Å². The first kappa shape index (κ1) is 15.5. The molecule has 1 aromatic carbocycles. The third-order valence-corrected chi connectivity index (χ3v) is 3.29. The van der Waals surface area contributed by atoms with Crippen LogP contribution in [0.3, 0.4) is 0 Å². The molecule has 0 aromatic heterocycles. The van der Waals surface area contributed by atoms with Crippen LogP contribution in [0.2, 0.25) is 0 Å². The number of rotatable bonds is 1. The number of aromatic hydroxyl groups is 1. The van der Waals surface area contributed by atoms with Crippen LogP contribution in [0.1, 0.15) is 65.2 Å². The minimum atomic E-state index is -0.171. The zero-order valence-corrected chi connectivity index (χ0v) is 13.0. The van der Waals surface area contributed by atoms with E-state index in [0.29, 0.717) is 11.5 Å². The van der Waals surface area contributed by atoms with E-state index in [1.54, 1.807) is 6.92 Å². The lowest BCUT2D eigenvalue weighted by Gasteiger charge is -2.28. The second-order valence-corrected chi connectivity index (χ2v) is 7.11. The van der Waals surface area contributed by atoms with Crippen LogP contribution in [0.15, 0.2) is 17.3 Å². The quantitative estimate of drug-likeness (QED) is 0.453. The smallest absolute Gasteiger partial charge is 0.123 e. The average molecular weight is 263 g/mol. The lowest BCUT2D eigenvalue weighted by Crippen LogP contribution is -2.18. The van der Waals surface area contributed by atoms with Crippen molar-refractivity contribution in [3.63, 3.8) is 0 Å². The summed E-state index contributed by atoms with van der Waals surface area (Å²) in [6.07, 6.45) is 0. The Bertz CT molecular complexity index is 467. The number of oxime groups is 1. The summed E-state index contributed by atoms with van der Waals surface area (Å²) in [6.45, 7) is 14.1. The molecule has 0 fully saturated rings. The SMILES string of the molecule is CC(=NO)c1cc(C(C)(C)C)c(O)c(C(C)(C)C)c1. The van der Waals surface area contributed by atoms with Crippen LogP contribution in [0, 0.1) is 0 Å². The Hall–Kier alpha value is -1.51. The highest BCUT2D eigenvalue weighted by Gasteiger charge is 2.26. The van der Waals surface area contributed by atoms with Crippen molar-refractivity contribution in [2.45, 2.75) is 59.3 Å². The summed E-state index contributed by atoms with van der Waals surface area (Å²) < 4.78 is 0. The van der Waals surface area contributed by atoms with Gasteiger partial charge in [0, 0.05) is 11.1 Å². The lowest BCUT2D eigenvalue weighted by atomic mass is 9.78. The predicted octanol–water partition coefficient (Wildman–Crippen LogP) is 4.19. The largest absolute Gasteiger partial charge is 0.507 e. The minimum Gasteiger partial charge on any atom is -0.507 e. The maximum atomic E-state index is 10.5. The molecule has 3 heteroatoms. The lowest BCUT2D eigenvalue weighted by molar-refractivity contribution is 0.319.